The Bertz CT molecular complexity index is 5580. The topological polar surface area (TPSA) is 826 Å². The number of carbonyl (C=O) groups is 25. The van der Waals surface area contributed by atoms with Gasteiger partial charge in [-0.1, -0.05) is 65.0 Å². The summed E-state index contributed by atoms with van der Waals surface area (Å²) in [5.74, 6) is -34.6. The number of nitrogens with two attached hydrogens (primary N) is 1. The molecule has 1 aromatic carbocycles. The third-order valence-electron chi connectivity index (χ3n) is 24.3. The van der Waals surface area contributed by atoms with Crippen molar-refractivity contribution in [3.63, 3.8) is 0 Å². The van der Waals surface area contributed by atoms with E-state index in [2.05, 4.69) is 139 Å². The lowest BCUT2D eigenvalue weighted by atomic mass is 9.99. The summed E-state index contributed by atoms with van der Waals surface area (Å²) in [6.45, 7) is 8.09. The number of fused-ring (bicyclic) bond motifs is 14. The lowest BCUT2D eigenvalue weighted by Crippen LogP contribution is -2.62. The fourth-order valence-electron chi connectivity index (χ4n) is 15.6. The van der Waals surface area contributed by atoms with Crippen molar-refractivity contribution in [2.24, 2.45) is 17.6 Å². The van der Waals surface area contributed by atoms with E-state index in [1.54, 1.807) is 58.2 Å². The smallest absolute Gasteiger partial charge is 0.327 e. The number of carbonyl (C=O) groups excluding carboxylic acids is 23. The number of aromatic nitrogens is 3. The quantitative estimate of drug-likeness (QED) is 0.0415. The second-order valence-corrected chi connectivity index (χ2v) is 41.4. The summed E-state index contributed by atoms with van der Waals surface area (Å²) in [5, 5.41) is 86.0. The number of carboxylic acid groups (broad SMARTS) is 2. The van der Waals surface area contributed by atoms with Crippen molar-refractivity contribution < 1.29 is 135 Å². The second kappa shape index (κ2) is 58.2. The molecule has 29 N–H and O–H groups in total. The van der Waals surface area contributed by atoms with E-state index < -0.39 is 378 Å². The number of amides is 23. The molecule has 0 saturated carbocycles. The first kappa shape index (κ1) is 119. The first-order chi connectivity index (χ1) is 71.3. The van der Waals surface area contributed by atoms with Gasteiger partial charge in [-0.05, 0) is 68.7 Å². The highest BCUT2D eigenvalue weighted by molar-refractivity contribution is 8.00. The molecular weight excluding hydrogens is 2070 g/mol. The number of H-pyrrole nitrogens is 2. The van der Waals surface area contributed by atoms with E-state index in [0.717, 1.165) is 54.0 Å². The zero-order valence-corrected chi connectivity index (χ0v) is 86.5. The van der Waals surface area contributed by atoms with Crippen molar-refractivity contribution in [2.45, 2.75) is 202 Å². The highest BCUT2D eigenvalue weighted by Gasteiger charge is 2.44. The van der Waals surface area contributed by atoms with Gasteiger partial charge in [0, 0.05) is 101 Å². The monoisotopic (exact) mass is 2190 g/mol. The molecule has 0 radical (unpaired) electrons. The summed E-state index contributed by atoms with van der Waals surface area (Å²) in [7, 11) is 0. The lowest BCUT2D eigenvalue weighted by molar-refractivity contribution is -0.142. The van der Waals surface area contributed by atoms with E-state index in [4.69, 9.17) is 5.73 Å². The highest BCUT2D eigenvalue weighted by Crippen LogP contribution is 2.25. The van der Waals surface area contributed by atoms with Gasteiger partial charge in [-0.2, -0.15) is 58.8 Å². The van der Waals surface area contributed by atoms with Gasteiger partial charge in [-0.25, -0.2) is 9.78 Å². The zero-order chi connectivity index (χ0) is 110. The Hall–Kier alpha value is -14.1. The molecule has 6 aliphatic rings. The summed E-state index contributed by atoms with van der Waals surface area (Å²) in [6, 6.07) is -22.1. The van der Waals surface area contributed by atoms with Gasteiger partial charge in [0.2, 0.25) is 124 Å². The molecule has 60 heteroatoms. The zero-order valence-electron chi connectivity index (χ0n) is 82.4. The number of para-hydroxylation sites is 1. The lowest BCUT2D eigenvalue weighted by Gasteiger charge is -2.31. The van der Waals surface area contributed by atoms with Gasteiger partial charge in [0.05, 0.1) is 62.6 Å². The van der Waals surface area contributed by atoms with Crippen LogP contribution in [0.1, 0.15) is 91.3 Å². The van der Waals surface area contributed by atoms with Crippen molar-refractivity contribution in [1.82, 2.24) is 137 Å². The first-order valence-corrected chi connectivity index (χ1v) is 53.5. The number of aromatic amines is 2. The Kier molecular flexibility index (Phi) is 46.3. The molecule has 19 atom stereocenters. The van der Waals surface area contributed by atoms with Crippen LogP contribution < -0.4 is 123 Å². The van der Waals surface area contributed by atoms with E-state index in [1.165, 1.54) is 30.4 Å². The van der Waals surface area contributed by atoms with Crippen LogP contribution in [0, 0.1) is 11.8 Å². The average Bonchev–Trinajstić information content (AvgIpc) is 1.69. The van der Waals surface area contributed by atoms with E-state index in [0.29, 0.717) is 34.6 Å². The first-order valence-electron chi connectivity index (χ1n) is 47.8. The number of nitrogens with zero attached hydrogens (tertiary/aromatic N) is 2. The Morgan fingerprint density at radius 3 is 1.70 bits per heavy atom. The normalized spacial score (nSPS) is 26.3. The maximum atomic E-state index is 15.5. The molecule has 4 bridgehead atoms. The fourth-order valence-corrected chi connectivity index (χ4v) is 20.9. The summed E-state index contributed by atoms with van der Waals surface area (Å²) < 4.78 is 0. The number of aliphatic hydroxyl groups is 1. The summed E-state index contributed by atoms with van der Waals surface area (Å²) in [5.41, 5.74) is 6.56. The van der Waals surface area contributed by atoms with E-state index in [1.807, 2.05) is 0 Å². The predicted octanol–water partition coefficient (Wildman–Crippen LogP) is -11.3. The molecule has 0 spiro atoms. The van der Waals surface area contributed by atoms with Crippen molar-refractivity contribution in [3.8, 4) is 0 Å². The second-order valence-electron chi connectivity index (χ2n) is 35.9. The molecule has 55 nitrogen and oxygen atoms in total. The van der Waals surface area contributed by atoms with Gasteiger partial charge in [-0.15, -0.1) is 0 Å². The van der Waals surface area contributed by atoms with Crippen LogP contribution in [0.15, 0.2) is 67.0 Å². The number of allylic oxidation sites excluding steroid dienone is 1. The maximum Gasteiger partial charge on any atom is 0.327 e. The molecule has 0 aliphatic carbocycles. The van der Waals surface area contributed by atoms with Gasteiger partial charge in [0.15, 0.2) is 0 Å². The number of nitrogens with one attached hydrogen (secondary N) is 24. The SMILES string of the molecule is C=C1NC(=O)[C@H](C(C)C)NC(=O)[C@@H](NC(=O)/C(=C/C)NC(=O)[C@@H](N)[C@@H](C)CC)CSC[C@@H](C(=O)N[C@H]2CCSC[C@@H](C(=O)N[C@H](C(=O)N[C@H]3CSC[C@@H]4NC(=O)CNC(=O)[C@H](CSC[C@@H]5NC(=O)[C@H](Cc6c[nH]cn6)NC(=O)[C@H](CSC[C@@H](C(=O)O)NC5=O)NC4=O)NC(=O)CNC(=O)CNC(=O)CNC(=O)[C@H](CCC(=O)O)NC3=O)[C@@H](C)O)NC(=O)CNC(=O)[C@@H]3CCCN3C2=O)NC(=O)[C@H](Cc2c[nH]c3ccccc23)NC1=O. The molecule has 818 valence electrons. The minimum atomic E-state index is -2.21. The Labute approximate surface area is 878 Å². The molecule has 9 rings (SSSR count). The van der Waals surface area contributed by atoms with Crippen molar-refractivity contribution in [1.29, 1.82) is 0 Å². The molecule has 6 aliphatic heterocycles. The number of aliphatic hydroxyl groups excluding tert-OH is 1. The molecule has 0 unspecified atom stereocenters. The molecule has 6 saturated heterocycles. The summed E-state index contributed by atoms with van der Waals surface area (Å²) in [4.78, 5) is 368. The number of imidazole rings is 1. The van der Waals surface area contributed by atoms with Gasteiger partial charge in [-0.3, -0.25) is 115 Å². The van der Waals surface area contributed by atoms with Crippen LogP contribution in [0.3, 0.4) is 0 Å². The molecule has 6 fully saturated rings. The van der Waals surface area contributed by atoms with Gasteiger partial charge < -0.3 is 153 Å². The van der Waals surface area contributed by atoms with E-state index in [-0.39, 0.29) is 48.9 Å². The van der Waals surface area contributed by atoms with Crippen LogP contribution in [0.25, 0.3) is 10.9 Å². The number of benzene rings is 1. The minimum Gasteiger partial charge on any atom is -0.481 e. The standard InChI is InChI=1S/C90H125N27O28S5/c1-8-41(5)69(91)86(140)104-47(9-2)75(129)109-60-37-149-33-56(110-76(130)51(21-44-23-93-48-14-11-10-13-46(44)48)107-72(126)42(6)100-87(141)70(40(3)4)115-84(60)138)80(134)106-50-18-20-146-30-54(102-67(123)29-98-85(139)62-15-12-19-117(62)89(50)143)83(137)116-71(43(7)118)88(142)113-59-36-148-32-55-78(132)112-57-35-150-38-61(90(144)145)114-82(136)58(111-77(131)52(108-81(57)135)22-45-24-92-39-99-45)34-147-31-53(74(128)97-28-66(122)103-55)101-65(121)27-95-63(119)25-94-64(120)26-96-73(127)49(105-79(59)133)16-17-68(124)125/h9-11,13-14,23-24,39-41,43,49-62,69-71,93,118H,6,8,12,15-22,25-38,91H2,1-5,7H3,(H,92,99)(H,94,120)(H,95,119)(H,96,127)(H,97,128)(H,98,139)(H,100,141)(H,101,121)(H,102,123)(H,103,122)(H,104,140)(H,105,133)(H,106,134)(H,107,126)(H,108,135)(H,109,129)(H,110,130)(H,111,131)(H,112,132)(H,113,142)(H,114,136)(H,115,138)(H,116,137)(H,124,125)(H,144,145)/b47-9-/t41-,43+,49-,50-,51-,52-,53-,54-,55-,56-,57-,58-,59-,60-,61-,62-,69-,70-,71-/m0/s1. The predicted molar refractivity (Wildman–Crippen MR) is 542 cm³/mol. The van der Waals surface area contributed by atoms with Gasteiger partial charge in [0.1, 0.15) is 102 Å². The Balaban J connectivity index is 1.02. The van der Waals surface area contributed by atoms with Crippen LogP contribution in [-0.4, -0.2) is 389 Å². The summed E-state index contributed by atoms with van der Waals surface area (Å²) >= 11 is 3.63. The van der Waals surface area contributed by atoms with Crippen molar-refractivity contribution in [2.75, 3.05) is 96.8 Å². The molecule has 2 aromatic heterocycles. The number of carboxylic acids is 2. The van der Waals surface area contributed by atoms with E-state index in [9.17, 15) is 102 Å². The van der Waals surface area contributed by atoms with Gasteiger partial charge in [0.25, 0.3) is 11.8 Å². The van der Waals surface area contributed by atoms with Crippen LogP contribution in [-0.2, 0) is 133 Å². The third-order valence-corrected chi connectivity index (χ3v) is 29.9. The highest BCUT2D eigenvalue weighted by atomic mass is 32.2. The number of hydrogen-bond acceptors (Lipinski definition) is 33. The fraction of sp³-hybridized carbons (Fsp3) is 0.556. The molecule has 23 amide bonds. The van der Waals surface area contributed by atoms with Crippen molar-refractivity contribution in [3.05, 3.63) is 78.3 Å². The molecule has 3 aromatic rings. The number of aliphatic carboxylic acids is 2. The third kappa shape index (κ3) is 36.1. The van der Waals surface area contributed by atoms with E-state index >= 15 is 33.6 Å². The van der Waals surface area contributed by atoms with Gasteiger partial charge >= 0.3 is 11.9 Å². The number of hydrogen-bond donors (Lipinski definition) is 28. The van der Waals surface area contributed by atoms with Crippen LogP contribution >= 0.6 is 58.8 Å². The Morgan fingerprint density at radius 1 is 0.527 bits per heavy atom. The number of thioether (sulfide) groups is 5. The van der Waals surface area contributed by atoms with Crippen molar-refractivity contribution >= 4 is 218 Å². The Morgan fingerprint density at radius 2 is 1.06 bits per heavy atom. The summed E-state index contributed by atoms with van der Waals surface area (Å²) in [6.07, 6.45) is 1.42. The van der Waals surface area contributed by atoms with Crippen LogP contribution in [0.4, 0.5) is 0 Å². The molecule has 150 heavy (non-hydrogen) atoms. The molecular formula is C90H125N27O28S5. The largest absolute Gasteiger partial charge is 0.481 e. The average molecular weight is 2190 g/mol. The number of rotatable bonds is 22. The minimum absolute atomic E-state index is 0.00742. The van der Waals surface area contributed by atoms with Crippen LogP contribution in [0.5, 0.6) is 0 Å². The molecule has 8 heterocycles. The maximum absolute atomic E-state index is 15.5. The van der Waals surface area contributed by atoms with Crippen LogP contribution in [0.2, 0.25) is 0 Å².